The van der Waals surface area contributed by atoms with Crippen molar-refractivity contribution in [2.45, 2.75) is 20.8 Å². The number of hydrogen-bond donors (Lipinski definition) is 1. The lowest BCUT2D eigenvalue weighted by Crippen LogP contribution is -1.99. The minimum Gasteiger partial charge on any atom is -0.338 e. The average molecular weight is 328 g/mol. The second-order valence-corrected chi connectivity index (χ2v) is 6.44. The molecule has 0 amide bonds. The third-order valence-corrected chi connectivity index (χ3v) is 4.37. The Morgan fingerprint density at radius 2 is 1.64 bits per heavy atom. The highest BCUT2D eigenvalue weighted by atomic mass is 15.2. The number of fused-ring (bicyclic) bond motifs is 1. The molecule has 0 atom stereocenters. The van der Waals surface area contributed by atoms with Gasteiger partial charge in [-0.2, -0.15) is 5.10 Å². The smallest absolute Gasteiger partial charge is 0.156 e. The van der Waals surface area contributed by atoms with Crippen molar-refractivity contribution < 1.29 is 0 Å². The van der Waals surface area contributed by atoms with Crippen molar-refractivity contribution >= 4 is 17.0 Å². The summed E-state index contributed by atoms with van der Waals surface area (Å²) in [7, 11) is 0. The highest BCUT2D eigenvalue weighted by Gasteiger charge is 2.10. The molecule has 4 rings (SSSR count). The van der Waals surface area contributed by atoms with E-state index in [2.05, 4.69) is 84.7 Å². The molecular weight excluding hydrogens is 308 g/mol. The number of nitrogens with one attached hydrogen (secondary N) is 1. The van der Waals surface area contributed by atoms with E-state index in [1.54, 1.807) is 6.20 Å². The Bertz CT molecular complexity index is 1050. The first-order valence-corrected chi connectivity index (χ1v) is 8.36. The zero-order chi connectivity index (χ0) is 17.4. The van der Waals surface area contributed by atoms with Gasteiger partial charge in [-0.05, 0) is 38.5 Å². The number of anilines is 2. The van der Waals surface area contributed by atoms with E-state index in [9.17, 15) is 0 Å². The number of aromatic nitrogens is 3. The topological polar surface area (TPSA) is 42.2 Å². The highest BCUT2D eigenvalue weighted by molar-refractivity contribution is 5.78. The maximum absolute atomic E-state index is 4.69. The Morgan fingerprint density at radius 3 is 2.40 bits per heavy atom. The van der Waals surface area contributed by atoms with Crippen LogP contribution in [-0.2, 0) is 0 Å². The van der Waals surface area contributed by atoms with Crippen LogP contribution in [0.5, 0.6) is 0 Å². The van der Waals surface area contributed by atoms with E-state index < -0.39 is 0 Å². The summed E-state index contributed by atoms with van der Waals surface area (Å²) in [6.07, 6.45) is 3.64. The van der Waals surface area contributed by atoms with Crippen LogP contribution < -0.4 is 5.32 Å². The van der Waals surface area contributed by atoms with Gasteiger partial charge in [0.2, 0.25) is 0 Å². The van der Waals surface area contributed by atoms with Gasteiger partial charge in [-0.25, -0.2) is 9.50 Å². The van der Waals surface area contributed by atoms with E-state index in [4.69, 9.17) is 0 Å². The monoisotopic (exact) mass is 328 g/mol. The molecule has 0 spiro atoms. The predicted octanol–water partition coefficient (Wildman–Crippen LogP) is 5.07. The van der Waals surface area contributed by atoms with Crippen LogP contribution in [0.3, 0.4) is 0 Å². The van der Waals surface area contributed by atoms with Gasteiger partial charge in [-0.3, -0.25) is 0 Å². The molecule has 0 fully saturated rings. The molecule has 0 bridgehead atoms. The molecule has 0 unspecified atom stereocenters. The Labute approximate surface area is 147 Å². The Kier molecular flexibility index (Phi) is 3.73. The summed E-state index contributed by atoms with van der Waals surface area (Å²) in [5, 5.41) is 8.13. The van der Waals surface area contributed by atoms with E-state index in [-0.39, 0.29) is 0 Å². The first-order valence-electron chi connectivity index (χ1n) is 8.36. The van der Waals surface area contributed by atoms with Crippen LogP contribution in [0, 0.1) is 20.8 Å². The van der Waals surface area contributed by atoms with Gasteiger partial charge in [0.25, 0.3) is 0 Å². The fourth-order valence-electron chi connectivity index (χ4n) is 2.97. The molecule has 4 nitrogen and oxygen atoms in total. The quantitative estimate of drug-likeness (QED) is 0.571. The van der Waals surface area contributed by atoms with Crippen LogP contribution >= 0.6 is 0 Å². The zero-order valence-corrected chi connectivity index (χ0v) is 14.6. The number of rotatable bonds is 3. The number of aryl methyl sites for hydroxylation is 3. The standard InChI is InChI=1S/C21H20N4/c1-14-4-7-17(8-5-14)19-13-20-21(22-10-11-25(20)24-19)23-18-9-6-15(2)12-16(18)3/h4-13H,1-3H3,(H,22,23). The summed E-state index contributed by atoms with van der Waals surface area (Å²) in [4.78, 5) is 4.51. The molecule has 2 aromatic carbocycles. The molecule has 124 valence electrons. The van der Waals surface area contributed by atoms with Crippen molar-refractivity contribution in [3.05, 3.63) is 77.6 Å². The number of nitrogens with zero attached hydrogens (tertiary/aromatic N) is 3. The zero-order valence-electron chi connectivity index (χ0n) is 14.6. The summed E-state index contributed by atoms with van der Waals surface area (Å²) < 4.78 is 1.87. The molecular formula is C21H20N4. The third kappa shape index (κ3) is 2.98. The predicted molar refractivity (Wildman–Crippen MR) is 102 cm³/mol. The van der Waals surface area contributed by atoms with Crippen LogP contribution in [0.15, 0.2) is 60.9 Å². The summed E-state index contributed by atoms with van der Waals surface area (Å²) in [6, 6.07) is 16.8. The molecule has 0 saturated carbocycles. The molecule has 2 heterocycles. The molecule has 0 aliphatic rings. The van der Waals surface area contributed by atoms with Gasteiger partial charge in [0.05, 0.1) is 5.69 Å². The fraction of sp³-hybridized carbons (Fsp3) is 0.143. The van der Waals surface area contributed by atoms with Gasteiger partial charge in [0, 0.05) is 23.6 Å². The summed E-state index contributed by atoms with van der Waals surface area (Å²) in [5.41, 5.74) is 7.75. The molecule has 0 aliphatic carbocycles. The summed E-state index contributed by atoms with van der Waals surface area (Å²) in [6.45, 7) is 6.29. The van der Waals surface area contributed by atoms with Gasteiger partial charge in [0.1, 0.15) is 5.52 Å². The largest absolute Gasteiger partial charge is 0.338 e. The normalized spacial score (nSPS) is 11.0. The van der Waals surface area contributed by atoms with E-state index in [0.717, 1.165) is 28.3 Å². The fourth-order valence-corrected chi connectivity index (χ4v) is 2.97. The summed E-state index contributed by atoms with van der Waals surface area (Å²) in [5.74, 6) is 0.806. The maximum Gasteiger partial charge on any atom is 0.156 e. The van der Waals surface area contributed by atoms with Gasteiger partial charge < -0.3 is 5.32 Å². The van der Waals surface area contributed by atoms with E-state index in [0.29, 0.717) is 0 Å². The summed E-state index contributed by atoms with van der Waals surface area (Å²) >= 11 is 0. The highest BCUT2D eigenvalue weighted by Crippen LogP contribution is 2.26. The molecule has 25 heavy (non-hydrogen) atoms. The second kappa shape index (κ2) is 6.06. The van der Waals surface area contributed by atoms with E-state index >= 15 is 0 Å². The minimum absolute atomic E-state index is 0.806. The molecule has 0 aliphatic heterocycles. The Hall–Kier alpha value is -3.14. The molecule has 0 saturated heterocycles. The molecule has 4 heteroatoms. The van der Waals surface area contributed by atoms with Gasteiger partial charge in [0.15, 0.2) is 5.82 Å². The SMILES string of the molecule is Cc1ccc(-c2cc3c(Nc4ccc(C)cc4C)nccn3n2)cc1. The van der Waals surface area contributed by atoms with Gasteiger partial charge >= 0.3 is 0 Å². The van der Waals surface area contributed by atoms with E-state index in [1.807, 2.05) is 10.7 Å². The van der Waals surface area contributed by atoms with Crippen LogP contribution in [0.2, 0.25) is 0 Å². The molecule has 2 aromatic heterocycles. The van der Waals surface area contributed by atoms with Crippen LogP contribution in [0.1, 0.15) is 16.7 Å². The van der Waals surface area contributed by atoms with Crippen molar-refractivity contribution in [3.8, 4) is 11.3 Å². The lowest BCUT2D eigenvalue weighted by Gasteiger charge is -2.10. The first kappa shape index (κ1) is 15.4. The van der Waals surface area contributed by atoms with Crippen LogP contribution in [0.4, 0.5) is 11.5 Å². The minimum atomic E-state index is 0.806. The number of hydrogen-bond acceptors (Lipinski definition) is 3. The Morgan fingerprint density at radius 1 is 0.880 bits per heavy atom. The van der Waals surface area contributed by atoms with Crippen molar-refractivity contribution in [2.75, 3.05) is 5.32 Å². The maximum atomic E-state index is 4.69. The lowest BCUT2D eigenvalue weighted by molar-refractivity contribution is 0.952. The first-order chi connectivity index (χ1) is 12.1. The van der Waals surface area contributed by atoms with Crippen molar-refractivity contribution in [1.29, 1.82) is 0 Å². The van der Waals surface area contributed by atoms with Gasteiger partial charge in [-0.15, -0.1) is 0 Å². The number of benzene rings is 2. The lowest BCUT2D eigenvalue weighted by atomic mass is 10.1. The second-order valence-electron chi connectivity index (χ2n) is 6.44. The van der Waals surface area contributed by atoms with E-state index in [1.165, 1.54) is 16.7 Å². The third-order valence-electron chi connectivity index (χ3n) is 4.37. The molecule has 1 N–H and O–H groups in total. The average Bonchev–Trinajstić information content (AvgIpc) is 3.03. The van der Waals surface area contributed by atoms with Crippen LogP contribution in [0.25, 0.3) is 16.8 Å². The molecule has 0 radical (unpaired) electrons. The molecule has 4 aromatic rings. The van der Waals surface area contributed by atoms with Crippen molar-refractivity contribution in [1.82, 2.24) is 14.6 Å². The van der Waals surface area contributed by atoms with Gasteiger partial charge in [-0.1, -0.05) is 47.5 Å². The van der Waals surface area contributed by atoms with Crippen molar-refractivity contribution in [2.24, 2.45) is 0 Å². The Balaban J connectivity index is 1.76. The van der Waals surface area contributed by atoms with Crippen molar-refractivity contribution in [3.63, 3.8) is 0 Å². The van der Waals surface area contributed by atoms with Crippen LogP contribution in [-0.4, -0.2) is 14.6 Å².